The van der Waals surface area contributed by atoms with Gasteiger partial charge in [-0.3, -0.25) is 14.3 Å². The van der Waals surface area contributed by atoms with Crippen molar-refractivity contribution in [3.8, 4) is 17.1 Å². The van der Waals surface area contributed by atoms with Gasteiger partial charge in [-0.05, 0) is 31.0 Å². The number of aromatic amines is 2. The molecular weight excluding hydrogens is 448 g/mol. The lowest BCUT2D eigenvalue weighted by molar-refractivity contribution is 0.318. The Labute approximate surface area is 190 Å². The number of piperazine rings is 1. The van der Waals surface area contributed by atoms with Gasteiger partial charge in [0.05, 0.1) is 17.1 Å². The number of benzene rings is 1. The predicted molar refractivity (Wildman–Crippen MR) is 124 cm³/mol. The summed E-state index contributed by atoms with van der Waals surface area (Å²) in [5, 5.41) is 3.15. The number of nitrogens with zero attached hydrogens (tertiary/aromatic N) is 3. The van der Waals surface area contributed by atoms with Crippen LogP contribution in [0.4, 0.5) is 0 Å². The lowest BCUT2D eigenvalue weighted by Gasteiger charge is -2.26. The molecule has 3 N–H and O–H groups in total. The second-order valence-corrected chi connectivity index (χ2v) is 9.79. The van der Waals surface area contributed by atoms with Crippen molar-refractivity contribution in [2.24, 2.45) is 0 Å². The highest BCUT2D eigenvalue weighted by atomic mass is 32.2. The molecule has 0 unspecified atom stereocenters. The topological polar surface area (TPSA) is 142 Å². The van der Waals surface area contributed by atoms with Crippen LogP contribution in [-0.2, 0) is 16.6 Å². The van der Waals surface area contributed by atoms with E-state index in [9.17, 15) is 18.0 Å². The third-order valence-electron chi connectivity index (χ3n) is 5.46. The molecule has 1 saturated heterocycles. The molecule has 1 aromatic carbocycles. The van der Waals surface area contributed by atoms with Crippen LogP contribution in [0, 0.1) is 0 Å². The van der Waals surface area contributed by atoms with Crippen molar-refractivity contribution in [1.82, 2.24) is 29.1 Å². The number of sulfonamides is 1. The zero-order chi connectivity index (χ0) is 23.6. The van der Waals surface area contributed by atoms with Crippen LogP contribution >= 0.6 is 0 Å². The molecule has 0 atom stereocenters. The Kier molecular flexibility index (Phi) is 6.68. The van der Waals surface area contributed by atoms with Crippen molar-refractivity contribution in [2.45, 2.75) is 38.1 Å². The molecule has 3 heterocycles. The van der Waals surface area contributed by atoms with Gasteiger partial charge in [0.2, 0.25) is 10.0 Å². The van der Waals surface area contributed by atoms with E-state index in [1.165, 1.54) is 21.0 Å². The minimum absolute atomic E-state index is 0.114. The molecule has 178 valence electrons. The maximum Gasteiger partial charge on any atom is 0.330 e. The summed E-state index contributed by atoms with van der Waals surface area (Å²) in [6.07, 6.45) is 1.43. The zero-order valence-electron chi connectivity index (χ0n) is 18.7. The smallest absolute Gasteiger partial charge is 0.330 e. The van der Waals surface area contributed by atoms with E-state index in [1.54, 1.807) is 6.07 Å². The average molecular weight is 477 g/mol. The van der Waals surface area contributed by atoms with Gasteiger partial charge >= 0.3 is 5.69 Å². The standard InChI is InChI=1S/C21H28N6O5S/c1-3-9-27-19-17(20(28)25-21(27)29)23-18(24-19)15-13-14(5-6-16(15)32-12-4-2)33(30,31)26-10-7-22-8-11-26/h5-6,13,22H,3-4,7-12H2,1-2H3,(H,23,24)(H,25,28,29). The number of aryl methyl sites for hydroxylation is 1. The van der Waals surface area contributed by atoms with Crippen molar-refractivity contribution in [1.29, 1.82) is 0 Å². The summed E-state index contributed by atoms with van der Waals surface area (Å²) in [6, 6.07) is 4.64. The second-order valence-electron chi connectivity index (χ2n) is 7.86. The first-order chi connectivity index (χ1) is 15.9. The number of H-pyrrole nitrogens is 2. The first-order valence-corrected chi connectivity index (χ1v) is 12.5. The van der Waals surface area contributed by atoms with Gasteiger partial charge in [0, 0.05) is 32.7 Å². The maximum atomic E-state index is 13.2. The van der Waals surface area contributed by atoms with E-state index in [1.807, 2.05) is 13.8 Å². The van der Waals surface area contributed by atoms with Crippen LogP contribution in [0.2, 0.25) is 0 Å². The SMILES string of the molecule is CCCOc1ccc(S(=O)(=O)N2CCNCC2)cc1-c1nc2c([nH]1)c(=O)[nH]c(=O)n2CCC. The largest absolute Gasteiger partial charge is 0.493 e. The number of ether oxygens (including phenoxy) is 1. The normalized spacial score (nSPS) is 15.2. The van der Waals surface area contributed by atoms with E-state index in [-0.39, 0.29) is 21.9 Å². The minimum Gasteiger partial charge on any atom is -0.493 e. The summed E-state index contributed by atoms with van der Waals surface area (Å²) >= 11 is 0. The molecule has 11 nitrogen and oxygen atoms in total. The molecule has 4 rings (SSSR count). The van der Waals surface area contributed by atoms with Crippen LogP contribution in [0.25, 0.3) is 22.6 Å². The monoisotopic (exact) mass is 476 g/mol. The van der Waals surface area contributed by atoms with Crippen LogP contribution in [-0.4, -0.2) is 65.0 Å². The van der Waals surface area contributed by atoms with Crippen molar-refractivity contribution < 1.29 is 13.2 Å². The quantitative estimate of drug-likeness (QED) is 0.438. The fourth-order valence-electron chi connectivity index (χ4n) is 3.83. The first-order valence-electron chi connectivity index (χ1n) is 11.1. The fraction of sp³-hybridized carbons (Fsp3) is 0.476. The molecule has 0 saturated carbocycles. The molecule has 0 bridgehead atoms. The molecule has 12 heteroatoms. The third kappa shape index (κ3) is 4.45. The Morgan fingerprint density at radius 2 is 1.85 bits per heavy atom. The maximum absolute atomic E-state index is 13.2. The Balaban J connectivity index is 1.88. The average Bonchev–Trinajstić information content (AvgIpc) is 3.26. The van der Waals surface area contributed by atoms with E-state index in [0.29, 0.717) is 57.1 Å². The lowest BCUT2D eigenvalue weighted by Crippen LogP contribution is -2.46. The molecule has 2 aromatic heterocycles. The van der Waals surface area contributed by atoms with Crippen LogP contribution < -0.4 is 21.3 Å². The van der Waals surface area contributed by atoms with Crippen LogP contribution in [0.1, 0.15) is 26.7 Å². The summed E-state index contributed by atoms with van der Waals surface area (Å²) in [6.45, 7) is 6.64. The van der Waals surface area contributed by atoms with Crippen molar-refractivity contribution >= 4 is 21.2 Å². The van der Waals surface area contributed by atoms with Gasteiger partial charge in [-0.25, -0.2) is 18.2 Å². The highest BCUT2D eigenvalue weighted by Crippen LogP contribution is 2.32. The van der Waals surface area contributed by atoms with Gasteiger partial charge in [0.15, 0.2) is 5.65 Å². The van der Waals surface area contributed by atoms with Gasteiger partial charge in [-0.2, -0.15) is 4.31 Å². The number of rotatable bonds is 8. The van der Waals surface area contributed by atoms with E-state index in [4.69, 9.17) is 4.74 Å². The van der Waals surface area contributed by atoms with E-state index >= 15 is 0 Å². The van der Waals surface area contributed by atoms with Gasteiger partial charge < -0.3 is 15.0 Å². The molecule has 1 aliphatic heterocycles. The summed E-state index contributed by atoms with van der Waals surface area (Å²) in [5.74, 6) is 0.699. The van der Waals surface area contributed by atoms with Gasteiger partial charge in [-0.15, -0.1) is 0 Å². The number of imidazole rings is 1. The van der Waals surface area contributed by atoms with Crippen molar-refractivity contribution in [3.05, 3.63) is 39.0 Å². The second kappa shape index (κ2) is 9.49. The Hall–Kier alpha value is -2.96. The van der Waals surface area contributed by atoms with E-state index in [0.717, 1.165) is 6.42 Å². The predicted octanol–water partition coefficient (Wildman–Crippen LogP) is 0.873. The minimum atomic E-state index is -3.72. The van der Waals surface area contributed by atoms with Crippen LogP contribution in [0.5, 0.6) is 5.75 Å². The molecule has 0 amide bonds. The summed E-state index contributed by atoms with van der Waals surface area (Å²) in [5.41, 5.74) is -0.343. The van der Waals surface area contributed by atoms with E-state index in [2.05, 4.69) is 20.3 Å². The summed E-state index contributed by atoms with van der Waals surface area (Å²) < 4.78 is 35.1. The van der Waals surface area contributed by atoms with Gasteiger partial charge in [0.1, 0.15) is 17.1 Å². The molecule has 33 heavy (non-hydrogen) atoms. The molecule has 0 aliphatic carbocycles. The molecule has 1 fully saturated rings. The summed E-state index contributed by atoms with van der Waals surface area (Å²) in [7, 11) is -3.72. The van der Waals surface area contributed by atoms with Crippen LogP contribution in [0.15, 0.2) is 32.7 Å². The highest BCUT2D eigenvalue weighted by Gasteiger charge is 2.27. The zero-order valence-corrected chi connectivity index (χ0v) is 19.5. The Morgan fingerprint density at radius 3 is 2.55 bits per heavy atom. The lowest BCUT2D eigenvalue weighted by atomic mass is 10.2. The summed E-state index contributed by atoms with van der Waals surface area (Å²) in [4.78, 5) is 34.6. The Morgan fingerprint density at radius 1 is 1.09 bits per heavy atom. The van der Waals surface area contributed by atoms with Gasteiger partial charge in [-0.1, -0.05) is 13.8 Å². The highest BCUT2D eigenvalue weighted by molar-refractivity contribution is 7.89. The molecule has 0 spiro atoms. The molecule has 3 aromatic rings. The Bertz CT molecular complexity index is 1370. The van der Waals surface area contributed by atoms with Crippen LogP contribution in [0.3, 0.4) is 0 Å². The number of nitrogens with one attached hydrogen (secondary N) is 3. The number of fused-ring (bicyclic) bond motifs is 1. The molecule has 1 aliphatic rings. The molecule has 0 radical (unpaired) electrons. The van der Waals surface area contributed by atoms with Crippen molar-refractivity contribution in [3.63, 3.8) is 0 Å². The van der Waals surface area contributed by atoms with Gasteiger partial charge in [0.25, 0.3) is 5.56 Å². The number of hydrogen-bond donors (Lipinski definition) is 3. The number of aromatic nitrogens is 4. The first kappa shape index (κ1) is 23.2. The van der Waals surface area contributed by atoms with E-state index < -0.39 is 21.3 Å². The fourth-order valence-corrected chi connectivity index (χ4v) is 5.29. The number of hydrogen-bond acceptors (Lipinski definition) is 7. The third-order valence-corrected chi connectivity index (χ3v) is 7.36. The molecular formula is C21H28N6O5S. The van der Waals surface area contributed by atoms with Crippen molar-refractivity contribution in [2.75, 3.05) is 32.8 Å².